The summed E-state index contributed by atoms with van der Waals surface area (Å²) in [5.74, 6) is -0.357. The van der Waals surface area contributed by atoms with E-state index in [1.165, 1.54) is 7.11 Å². The Morgan fingerprint density at radius 2 is 2.20 bits per heavy atom. The molecule has 1 fully saturated rings. The van der Waals surface area contributed by atoms with Crippen LogP contribution in [-0.2, 0) is 14.3 Å². The smallest absolute Gasteiger partial charge is 0.308 e. The van der Waals surface area contributed by atoms with Gasteiger partial charge in [-0.2, -0.15) is 0 Å². The number of carbonyl (C=O) groups is 1. The minimum atomic E-state index is -0.597. The summed E-state index contributed by atoms with van der Waals surface area (Å²) in [4.78, 5) is 13.1. The number of aliphatic hydroxyl groups excluding tert-OH is 1. The van der Waals surface area contributed by atoms with Crippen molar-refractivity contribution in [3.63, 3.8) is 0 Å². The maximum Gasteiger partial charge on any atom is 0.308 e. The molecule has 1 rings (SSSR count). The second-order valence-electron chi connectivity index (χ2n) is 3.68. The van der Waals surface area contributed by atoms with Crippen LogP contribution in [0.3, 0.4) is 0 Å². The predicted octanol–water partition coefficient (Wildman–Crippen LogP) is -0.367. The maximum absolute atomic E-state index is 10.9. The standard InChI is InChI=1S/C10H19NO4/c1-14-10(13)8-9(12)2-3-11-4-6-15-7-5-11/h9,12H,2-8H2,1H3. The zero-order chi connectivity index (χ0) is 11.1. The number of hydrogen-bond donors (Lipinski definition) is 1. The number of hydrogen-bond acceptors (Lipinski definition) is 5. The van der Waals surface area contributed by atoms with Gasteiger partial charge in [0.1, 0.15) is 0 Å². The number of carbonyl (C=O) groups excluding carboxylic acids is 1. The third-order valence-electron chi connectivity index (χ3n) is 2.51. The lowest BCUT2D eigenvalue weighted by Gasteiger charge is -2.27. The van der Waals surface area contributed by atoms with E-state index >= 15 is 0 Å². The second-order valence-corrected chi connectivity index (χ2v) is 3.68. The molecule has 1 N–H and O–H groups in total. The molecule has 0 bridgehead atoms. The van der Waals surface area contributed by atoms with Crippen LogP contribution in [0.15, 0.2) is 0 Å². The van der Waals surface area contributed by atoms with Crippen molar-refractivity contribution in [2.24, 2.45) is 0 Å². The number of aliphatic hydroxyl groups is 1. The van der Waals surface area contributed by atoms with Crippen molar-refractivity contribution in [2.75, 3.05) is 40.0 Å². The first-order chi connectivity index (χ1) is 7.22. The van der Waals surface area contributed by atoms with Crippen LogP contribution < -0.4 is 0 Å². The molecular formula is C10H19NO4. The van der Waals surface area contributed by atoms with Crippen LogP contribution >= 0.6 is 0 Å². The van der Waals surface area contributed by atoms with Crippen LogP contribution in [-0.4, -0.2) is 62.0 Å². The molecule has 1 heterocycles. The third-order valence-corrected chi connectivity index (χ3v) is 2.51. The van der Waals surface area contributed by atoms with Gasteiger partial charge in [0.2, 0.25) is 0 Å². The Kier molecular flexibility index (Phi) is 5.60. The number of nitrogens with zero attached hydrogens (tertiary/aromatic N) is 1. The van der Waals surface area contributed by atoms with Gasteiger partial charge in [-0.15, -0.1) is 0 Å². The Morgan fingerprint density at radius 1 is 1.53 bits per heavy atom. The summed E-state index contributed by atoms with van der Waals surface area (Å²) in [5.41, 5.74) is 0. The average Bonchev–Trinajstić information content (AvgIpc) is 2.27. The minimum Gasteiger partial charge on any atom is -0.469 e. The van der Waals surface area contributed by atoms with E-state index in [1.807, 2.05) is 0 Å². The molecule has 1 atom stereocenters. The van der Waals surface area contributed by atoms with Crippen molar-refractivity contribution in [2.45, 2.75) is 18.9 Å². The molecule has 0 radical (unpaired) electrons. The second kappa shape index (κ2) is 6.76. The minimum absolute atomic E-state index is 0.0842. The average molecular weight is 217 g/mol. The molecule has 0 aliphatic carbocycles. The van der Waals surface area contributed by atoms with E-state index in [4.69, 9.17) is 4.74 Å². The van der Waals surface area contributed by atoms with Crippen molar-refractivity contribution in [1.29, 1.82) is 0 Å². The Bertz CT molecular complexity index is 192. The number of rotatable bonds is 5. The van der Waals surface area contributed by atoms with Gasteiger partial charge < -0.3 is 14.6 Å². The largest absolute Gasteiger partial charge is 0.469 e. The number of morpholine rings is 1. The Hall–Kier alpha value is -0.650. The molecule has 0 saturated carbocycles. The maximum atomic E-state index is 10.9. The SMILES string of the molecule is COC(=O)CC(O)CCN1CCOCC1. The van der Waals surface area contributed by atoms with Crippen LogP contribution in [0.25, 0.3) is 0 Å². The number of esters is 1. The number of ether oxygens (including phenoxy) is 2. The summed E-state index contributed by atoms with van der Waals surface area (Å²) in [6, 6.07) is 0. The van der Waals surface area contributed by atoms with Crippen molar-refractivity contribution in [1.82, 2.24) is 4.90 Å². The quantitative estimate of drug-likeness (QED) is 0.637. The molecule has 15 heavy (non-hydrogen) atoms. The van der Waals surface area contributed by atoms with Crippen LogP contribution in [0.2, 0.25) is 0 Å². The molecule has 0 aromatic heterocycles. The van der Waals surface area contributed by atoms with Crippen LogP contribution in [0, 0.1) is 0 Å². The summed E-state index contributed by atoms with van der Waals surface area (Å²) in [6.07, 6.45) is 0.0935. The fraction of sp³-hybridized carbons (Fsp3) is 0.900. The molecule has 1 aliphatic rings. The zero-order valence-electron chi connectivity index (χ0n) is 9.15. The zero-order valence-corrected chi connectivity index (χ0v) is 9.15. The summed E-state index contributed by atoms with van der Waals surface area (Å²) in [5, 5.41) is 9.52. The normalized spacial score (nSPS) is 19.9. The van der Waals surface area contributed by atoms with Gasteiger partial charge in [-0.1, -0.05) is 0 Å². The lowest BCUT2D eigenvalue weighted by atomic mass is 10.2. The molecule has 1 aliphatic heterocycles. The Balaban J connectivity index is 2.09. The fourth-order valence-corrected chi connectivity index (χ4v) is 1.53. The summed E-state index contributed by atoms with van der Waals surface area (Å²) in [6.45, 7) is 4.14. The highest BCUT2D eigenvalue weighted by atomic mass is 16.5. The van der Waals surface area contributed by atoms with E-state index in [1.54, 1.807) is 0 Å². The molecule has 0 amide bonds. The lowest BCUT2D eigenvalue weighted by Crippen LogP contribution is -2.38. The van der Waals surface area contributed by atoms with Crippen molar-refractivity contribution >= 4 is 5.97 Å². The summed E-state index contributed by atoms with van der Waals surface area (Å²) in [7, 11) is 1.33. The van der Waals surface area contributed by atoms with Gasteiger partial charge >= 0.3 is 5.97 Å². The van der Waals surface area contributed by atoms with Gasteiger partial charge in [-0.25, -0.2) is 0 Å². The van der Waals surface area contributed by atoms with E-state index in [9.17, 15) is 9.90 Å². The monoisotopic (exact) mass is 217 g/mol. The van der Waals surface area contributed by atoms with Crippen LogP contribution in [0.5, 0.6) is 0 Å². The van der Waals surface area contributed by atoms with Crippen LogP contribution in [0.1, 0.15) is 12.8 Å². The van der Waals surface area contributed by atoms with Gasteiger partial charge in [0.15, 0.2) is 0 Å². The highest BCUT2D eigenvalue weighted by Gasteiger charge is 2.14. The molecule has 0 spiro atoms. The van der Waals surface area contributed by atoms with E-state index < -0.39 is 6.10 Å². The van der Waals surface area contributed by atoms with Gasteiger partial charge in [-0.3, -0.25) is 9.69 Å². The molecule has 88 valence electrons. The highest BCUT2D eigenvalue weighted by Crippen LogP contribution is 2.03. The predicted molar refractivity (Wildman–Crippen MR) is 54.5 cm³/mol. The van der Waals surface area contributed by atoms with Crippen molar-refractivity contribution < 1.29 is 19.4 Å². The Labute approximate surface area is 90.0 Å². The molecule has 1 unspecified atom stereocenters. The molecule has 0 aromatic carbocycles. The molecule has 0 aromatic rings. The Morgan fingerprint density at radius 3 is 2.80 bits per heavy atom. The van der Waals surface area contributed by atoms with Gasteiger partial charge in [0.25, 0.3) is 0 Å². The van der Waals surface area contributed by atoms with Crippen molar-refractivity contribution in [3.8, 4) is 0 Å². The fourth-order valence-electron chi connectivity index (χ4n) is 1.53. The summed E-state index contributed by atoms with van der Waals surface area (Å²) >= 11 is 0. The number of methoxy groups -OCH3 is 1. The first-order valence-electron chi connectivity index (χ1n) is 5.27. The van der Waals surface area contributed by atoms with Gasteiger partial charge in [-0.05, 0) is 6.42 Å². The summed E-state index contributed by atoms with van der Waals surface area (Å²) < 4.78 is 9.69. The highest BCUT2D eigenvalue weighted by molar-refractivity contribution is 5.69. The van der Waals surface area contributed by atoms with Crippen LogP contribution in [0.4, 0.5) is 0 Å². The van der Waals surface area contributed by atoms with Gasteiger partial charge in [0.05, 0.1) is 32.8 Å². The molecule has 1 saturated heterocycles. The first kappa shape index (κ1) is 12.4. The van der Waals surface area contributed by atoms with E-state index in [0.29, 0.717) is 6.42 Å². The third kappa shape index (κ3) is 5.11. The molecular weight excluding hydrogens is 198 g/mol. The topological polar surface area (TPSA) is 59.0 Å². The van der Waals surface area contributed by atoms with Crippen molar-refractivity contribution in [3.05, 3.63) is 0 Å². The molecule has 5 heteroatoms. The van der Waals surface area contributed by atoms with E-state index in [2.05, 4.69) is 9.64 Å². The van der Waals surface area contributed by atoms with E-state index in [0.717, 1.165) is 32.8 Å². The first-order valence-corrected chi connectivity index (χ1v) is 5.27. The lowest BCUT2D eigenvalue weighted by molar-refractivity contribution is -0.142. The van der Waals surface area contributed by atoms with E-state index in [-0.39, 0.29) is 12.4 Å². The molecule has 5 nitrogen and oxygen atoms in total. The van der Waals surface area contributed by atoms with Gasteiger partial charge in [0, 0.05) is 19.6 Å².